The number of benzene rings is 3. The van der Waals surface area contributed by atoms with E-state index in [-0.39, 0.29) is 11.0 Å². The second kappa shape index (κ2) is 9.39. The van der Waals surface area contributed by atoms with Crippen LogP contribution in [0.4, 0.5) is 13.2 Å². The molecule has 1 aliphatic rings. The van der Waals surface area contributed by atoms with E-state index in [0.717, 1.165) is 33.8 Å². The maximum Gasteiger partial charge on any atom is 0.416 e. The van der Waals surface area contributed by atoms with Crippen LogP contribution in [-0.4, -0.2) is 25.2 Å². The maximum atomic E-state index is 13.2. The third-order valence-corrected chi connectivity index (χ3v) is 9.53. The molecule has 1 heterocycles. The molecule has 0 saturated carbocycles. The van der Waals surface area contributed by atoms with Crippen LogP contribution in [0.1, 0.15) is 37.5 Å². The molecule has 0 aromatic heterocycles. The van der Waals surface area contributed by atoms with Gasteiger partial charge in [-0.05, 0) is 61.5 Å². The minimum absolute atomic E-state index is 0.115. The van der Waals surface area contributed by atoms with Gasteiger partial charge in [0, 0.05) is 17.3 Å². The van der Waals surface area contributed by atoms with Gasteiger partial charge in [0.1, 0.15) is 23.1 Å². The first-order valence-electron chi connectivity index (χ1n) is 11.4. The van der Waals surface area contributed by atoms with Crippen molar-refractivity contribution >= 4 is 13.2 Å². The molecule has 4 rings (SSSR count). The summed E-state index contributed by atoms with van der Waals surface area (Å²) in [5.41, 5.74) is 2.74. The molecule has 0 saturated heterocycles. The zero-order chi connectivity index (χ0) is 25.5. The van der Waals surface area contributed by atoms with Crippen molar-refractivity contribution in [3.05, 3.63) is 71.3 Å². The van der Waals surface area contributed by atoms with Gasteiger partial charge in [-0.2, -0.15) is 13.2 Å². The summed E-state index contributed by atoms with van der Waals surface area (Å²) in [6.07, 6.45) is -3.83. The molecule has 1 aliphatic heterocycles. The Bertz CT molecular complexity index is 1210. The van der Waals surface area contributed by atoms with E-state index in [2.05, 4.69) is 26.8 Å². The fourth-order valence-corrected chi connectivity index (χ4v) is 7.95. The van der Waals surface area contributed by atoms with Gasteiger partial charge >= 0.3 is 6.18 Å². The summed E-state index contributed by atoms with van der Waals surface area (Å²) in [6.45, 7) is 8.32. The SMILES string of the molecule is COc1cccc(OC)c1-c1cccc2c1P(C(C)(C)C)[C@H](Cc1ccc(C(F)(F)F)cc1C)O2. The quantitative estimate of drug-likeness (QED) is 0.337. The molecule has 0 spiro atoms. The molecule has 0 aliphatic carbocycles. The first-order chi connectivity index (χ1) is 16.5. The second-order valence-corrected chi connectivity index (χ2v) is 12.8. The average molecular weight is 503 g/mol. The summed E-state index contributed by atoms with van der Waals surface area (Å²) in [7, 11) is 2.41. The Morgan fingerprint density at radius 3 is 2.09 bits per heavy atom. The van der Waals surface area contributed by atoms with E-state index in [0.29, 0.717) is 23.5 Å². The lowest BCUT2D eigenvalue weighted by Crippen LogP contribution is -2.26. The minimum Gasteiger partial charge on any atom is -0.496 e. The third kappa shape index (κ3) is 4.86. The van der Waals surface area contributed by atoms with Gasteiger partial charge in [-0.3, -0.25) is 0 Å². The molecule has 1 unspecified atom stereocenters. The molecule has 0 fully saturated rings. The molecule has 2 atom stereocenters. The van der Waals surface area contributed by atoms with Crippen LogP contribution in [0.15, 0.2) is 54.6 Å². The molecular formula is C28H30F3O3P. The predicted octanol–water partition coefficient (Wildman–Crippen LogP) is 7.56. The number of hydrogen-bond acceptors (Lipinski definition) is 3. The standard InChI is InChI=1S/C28H30F3O3P/c1-17-15-19(28(29,30)31)14-13-18(17)16-24-34-23-12-7-9-20(26(23)35(24)27(2,3)4)25-21(32-5)10-8-11-22(25)33-6/h7-15,24H,16H2,1-6H3/t24-,35?/m1/s1. The molecule has 0 N–H and O–H groups in total. The van der Waals surface area contributed by atoms with Gasteiger partial charge in [0.15, 0.2) is 0 Å². The topological polar surface area (TPSA) is 27.7 Å². The van der Waals surface area contributed by atoms with Gasteiger partial charge in [-0.1, -0.05) is 45.0 Å². The molecule has 186 valence electrons. The summed E-state index contributed by atoms with van der Waals surface area (Å²) in [5.74, 6) is 2.07. The average Bonchev–Trinajstić information content (AvgIpc) is 3.17. The molecule has 3 aromatic rings. The van der Waals surface area contributed by atoms with E-state index in [1.807, 2.05) is 30.3 Å². The Labute approximate surface area is 206 Å². The summed E-state index contributed by atoms with van der Waals surface area (Å²) < 4.78 is 57.5. The highest BCUT2D eigenvalue weighted by molar-refractivity contribution is 7.68. The highest BCUT2D eigenvalue weighted by Crippen LogP contribution is 2.61. The Hall–Kier alpha value is -2.72. The largest absolute Gasteiger partial charge is 0.496 e. The molecule has 7 heteroatoms. The summed E-state index contributed by atoms with van der Waals surface area (Å²) in [5, 5.41) is 1.02. The molecule has 0 amide bonds. The van der Waals surface area contributed by atoms with Crippen molar-refractivity contribution in [3.63, 3.8) is 0 Å². The van der Waals surface area contributed by atoms with Crippen molar-refractivity contribution in [3.8, 4) is 28.4 Å². The van der Waals surface area contributed by atoms with Crippen LogP contribution in [-0.2, 0) is 12.6 Å². The Morgan fingerprint density at radius 2 is 1.54 bits per heavy atom. The first kappa shape index (κ1) is 25.4. The van der Waals surface area contributed by atoms with Crippen molar-refractivity contribution in [2.24, 2.45) is 0 Å². The number of fused-ring (bicyclic) bond motifs is 1. The molecule has 3 aromatic carbocycles. The van der Waals surface area contributed by atoms with Crippen LogP contribution in [0.2, 0.25) is 0 Å². The monoisotopic (exact) mass is 502 g/mol. The lowest BCUT2D eigenvalue weighted by atomic mass is 10.0. The van der Waals surface area contributed by atoms with E-state index in [1.165, 1.54) is 6.07 Å². The van der Waals surface area contributed by atoms with Crippen molar-refractivity contribution in [2.75, 3.05) is 14.2 Å². The summed E-state index contributed by atoms with van der Waals surface area (Å²) >= 11 is 0. The van der Waals surface area contributed by atoms with Crippen molar-refractivity contribution in [1.29, 1.82) is 0 Å². The Balaban J connectivity index is 1.81. The number of alkyl halides is 3. The fourth-order valence-electron chi connectivity index (χ4n) is 4.72. The normalized spacial score (nSPS) is 17.6. The lowest BCUT2D eigenvalue weighted by Gasteiger charge is -2.33. The van der Waals surface area contributed by atoms with Crippen LogP contribution in [0.3, 0.4) is 0 Å². The van der Waals surface area contributed by atoms with Crippen molar-refractivity contribution in [1.82, 2.24) is 0 Å². The van der Waals surface area contributed by atoms with Crippen LogP contribution < -0.4 is 19.5 Å². The predicted molar refractivity (Wildman–Crippen MR) is 136 cm³/mol. The van der Waals surface area contributed by atoms with E-state index >= 15 is 0 Å². The Kier molecular flexibility index (Phi) is 6.80. The lowest BCUT2D eigenvalue weighted by molar-refractivity contribution is -0.137. The Morgan fingerprint density at radius 1 is 0.914 bits per heavy atom. The third-order valence-electron chi connectivity index (χ3n) is 6.28. The van der Waals surface area contributed by atoms with E-state index in [4.69, 9.17) is 14.2 Å². The number of halogens is 3. The molecule has 0 radical (unpaired) electrons. The zero-order valence-corrected chi connectivity index (χ0v) is 21.7. The van der Waals surface area contributed by atoms with Crippen LogP contribution in [0.25, 0.3) is 11.1 Å². The van der Waals surface area contributed by atoms with E-state index in [9.17, 15) is 13.2 Å². The van der Waals surface area contributed by atoms with Gasteiger partial charge in [0.25, 0.3) is 0 Å². The smallest absolute Gasteiger partial charge is 0.416 e. The summed E-state index contributed by atoms with van der Waals surface area (Å²) in [6, 6.07) is 15.7. The molecular weight excluding hydrogens is 472 g/mol. The van der Waals surface area contributed by atoms with Crippen LogP contribution >= 0.6 is 7.92 Å². The highest BCUT2D eigenvalue weighted by atomic mass is 31.1. The number of hydrogen-bond donors (Lipinski definition) is 0. The second-order valence-electron chi connectivity index (χ2n) is 9.65. The maximum absolute atomic E-state index is 13.2. The molecule has 35 heavy (non-hydrogen) atoms. The van der Waals surface area contributed by atoms with Crippen LogP contribution in [0, 0.1) is 6.92 Å². The summed E-state index contributed by atoms with van der Waals surface area (Å²) in [4.78, 5) is 0. The van der Waals surface area contributed by atoms with Gasteiger partial charge in [0.05, 0.1) is 25.3 Å². The van der Waals surface area contributed by atoms with Crippen LogP contribution in [0.5, 0.6) is 17.2 Å². The van der Waals surface area contributed by atoms with Gasteiger partial charge in [0.2, 0.25) is 0 Å². The minimum atomic E-state index is -4.36. The highest BCUT2D eigenvalue weighted by Gasteiger charge is 2.44. The van der Waals surface area contributed by atoms with Gasteiger partial charge in [-0.25, -0.2) is 0 Å². The fraction of sp³-hybridized carbons (Fsp3) is 0.357. The molecule has 0 bridgehead atoms. The number of aryl methyl sites for hydroxylation is 1. The van der Waals surface area contributed by atoms with Crippen molar-refractivity contribution < 1.29 is 27.4 Å². The zero-order valence-electron chi connectivity index (χ0n) is 20.8. The number of rotatable bonds is 5. The number of ether oxygens (including phenoxy) is 3. The van der Waals surface area contributed by atoms with Gasteiger partial charge < -0.3 is 14.2 Å². The first-order valence-corrected chi connectivity index (χ1v) is 12.8. The molecule has 3 nitrogen and oxygen atoms in total. The van der Waals surface area contributed by atoms with Gasteiger partial charge in [-0.15, -0.1) is 0 Å². The number of methoxy groups -OCH3 is 2. The van der Waals surface area contributed by atoms with E-state index < -0.39 is 19.7 Å². The van der Waals surface area contributed by atoms with E-state index in [1.54, 1.807) is 27.2 Å². The van der Waals surface area contributed by atoms with Crippen molar-refractivity contribution in [2.45, 2.75) is 51.3 Å².